The molecular formula is C16H22N2S. The van der Waals surface area contributed by atoms with Gasteiger partial charge in [0.15, 0.2) is 0 Å². The van der Waals surface area contributed by atoms with Crippen LogP contribution in [0.5, 0.6) is 0 Å². The second-order valence-corrected chi connectivity index (χ2v) is 6.16. The van der Waals surface area contributed by atoms with Crippen LogP contribution in [0.1, 0.15) is 39.7 Å². The number of hydrogen-bond acceptors (Lipinski definition) is 3. The highest BCUT2D eigenvalue weighted by Crippen LogP contribution is 2.28. The summed E-state index contributed by atoms with van der Waals surface area (Å²) < 4.78 is 0. The predicted molar refractivity (Wildman–Crippen MR) is 82.9 cm³/mol. The Morgan fingerprint density at radius 3 is 2.53 bits per heavy atom. The van der Waals surface area contributed by atoms with E-state index in [1.54, 1.807) is 0 Å². The number of benzene rings is 1. The third-order valence-corrected chi connectivity index (χ3v) is 4.58. The molecule has 0 fully saturated rings. The molecule has 1 aromatic carbocycles. The monoisotopic (exact) mass is 274 g/mol. The van der Waals surface area contributed by atoms with Crippen molar-refractivity contribution in [3.05, 3.63) is 51.0 Å². The van der Waals surface area contributed by atoms with Gasteiger partial charge in [0.2, 0.25) is 0 Å². The molecule has 0 amide bonds. The largest absolute Gasteiger partial charge is 0.309 e. The molecule has 1 heterocycles. The summed E-state index contributed by atoms with van der Waals surface area (Å²) in [4.78, 5) is 5.93. The zero-order valence-electron chi connectivity index (χ0n) is 12.2. The smallest absolute Gasteiger partial charge is 0.0900 e. The van der Waals surface area contributed by atoms with Crippen molar-refractivity contribution in [3.8, 4) is 0 Å². The van der Waals surface area contributed by atoms with Crippen LogP contribution >= 0.6 is 11.3 Å². The number of thiazole rings is 1. The summed E-state index contributed by atoms with van der Waals surface area (Å²) in [6.07, 6.45) is 1.03. The summed E-state index contributed by atoms with van der Waals surface area (Å²) >= 11 is 1.81. The van der Waals surface area contributed by atoms with Gasteiger partial charge in [0.05, 0.1) is 10.7 Å². The third kappa shape index (κ3) is 3.43. The van der Waals surface area contributed by atoms with E-state index in [0.29, 0.717) is 6.04 Å². The van der Waals surface area contributed by atoms with E-state index in [-0.39, 0.29) is 0 Å². The summed E-state index contributed by atoms with van der Waals surface area (Å²) in [6, 6.07) is 9.00. The molecule has 102 valence electrons. The number of nitrogens with one attached hydrogen (secondary N) is 1. The molecule has 0 aliphatic heterocycles. The number of nitrogens with zero attached hydrogens (tertiary/aromatic N) is 1. The van der Waals surface area contributed by atoms with Crippen LogP contribution in [0.2, 0.25) is 0 Å². The van der Waals surface area contributed by atoms with Gasteiger partial charge in [-0.15, -0.1) is 11.3 Å². The lowest BCUT2D eigenvalue weighted by molar-refractivity contribution is 0.553. The molecule has 0 radical (unpaired) electrons. The molecule has 0 saturated heterocycles. The molecule has 1 unspecified atom stereocenters. The highest BCUT2D eigenvalue weighted by Gasteiger charge is 2.17. The molecule has 1 atom stereocenters. The first kappa shape index (κ1) is 14.2. The van der Waals surface area contributed by atoms with E-state index in [4.69, 9.17) is 0 Å². The van der Waals surface area contributed by atoms with Crippen LogP contribution < -0.4 is 5.32 Å². The Morgan fingerprint density at radius 2 is 1.95 bits per heavy atom. The first-order chi connectivity index (χ1) is 9.11. The average molecular weight is 274 g/mol. The van der Waals surface area contributed by atoms with Gasteiger partial charge in [0.1, 0.15) is 0 Å². The maximum Gasteiger partial charge on any atom is 0.0900 e. The van der Waals surface area contributed by atoms with Crippen molar-refractivity contribution in [2.24, 2.45) is 0 Å². The highest BCUT2D eigenvalue weighted by atomic mass is 32.1. The number of rotatable bonds is 5. The number of aryl methyl sites for hydroxylation is 3. The Morgan fingerprint density at radius 1 is 1.21 bits per heavy atom. The van der Waals surface area contributed by atoms with Crippen molar-refractivity contribution in [3.63, 3.8) is 0 Å². The van der Waals surface area contributed by atoms with Crippen molar-refractivity contribution in [1.82, 2.24) is 10.3 Å². The maximum absolute atomic E-state index is 4.56. The summed E-state index contributed by atoms with van der Waals surface area (Å²) in [7, 11) is 0. The molecule has 0 bridgehead atoms. The fourth-order valence-electron chi connectivity index (χ4n) is 2.43. The molecule has 2 rings (SSSR count). The van der Waals surface area contributed by atoms with Crippen LogP contribution in [-0.4, -0.2) is 11.5 Å². The van der Waals surface area contributed by atoms with Crippen LogP contribution in [-0.2, 0) is 6.42 Å². The number of aromatic nitrogens is 1. The minimum atomic E-state index is 0.372. The zero-order chi connectivity index (χ0) is 13.8. The van der Waals surface area contributed by atoms with Crippen molar-refractivity contribution < 1.29 is 0 Å². The molecule has 1 aromatic heterocycles. The first-order valence-electron chi connectivity index (χ1n) is 6.83. The van der Waals surface area contributed by atoms with Gasteiger partial charge in [0, 0.05) is 10.9 Å². The van der Waals surface area contributed by atoms with E-state index in [2.05, 4.69) is 62.3 Å². The summed E-state index contributed by atoms with van der Waals surface area (Å²) in [5.41, 5.74) is 3.95. The summed E-state index contributed by atoms with van der Waals surface area (Å²) in [5, 5.41) is 4.75. The van der Waals surface area contributed by atoms with Gasteiger partial charge in [-0.05, 0) is 44.9 Å². The van der Waals surface area contributed by atoms with Crippen LogP contribution in [0.3, 0.4) is 0 Å². The third-order valence-electron chi connectivity index (χ3n) is 3.39. The normalized spacial score (nSPS) is 12.6. The lowest BCUT2D eigenvalue weighted by atomic mass is 9.99. The van der Waals surface area contributed by atoms with Gasteiger partial charge in [-0.1, -0.05) is 31.2 Å². The standard InChI is InChI=1S/C16H22N2S/c1-5-17-15(16-12(3)18-13(4)19-16)10-14-9-7-6-8-11(14)2/h6-9,15,17H,5,10H2,1-4H3. The van der Waals surface area contributed by atoms with Crippen LogP contribution in [0.25, 0.3) is 0 Å². The van der Waals surface area contributed by atoms with E-state index in [1.807, 2.05) is 11.3 Å². The van der Waals surface area contributed by atoms with Gasteiger partial charge in [-0.2, -0.15) is 0 Å². The molecule has 1 N–H and O–H groups in total. The van der Waals surface area contributed by atoms with Crippen molar-refractivity contribution in [1.29, 1.82) is 0 Å². The molecule has 0 saturated carbocycles. The van der Waals surface area contributed by atoms with Crippen molar-refractivity contribution in [2.45, 2.75) is 40.2 Å². The average Bonchev–Trinajstić information content (AvgIpc) is 2.70. The fourth-order valence-corrected chi connectivity index (χ4v) is 3.44. The minimum absolute atomic E-state index is 0.372. The van der Waals surface area contributed by atoms with Gasteiger partial charge in [-0.3, -0.25) is 0 Å². The number of likely N-dealkylation sites (N-methyl/N-ethyl adjacent to an activating group) is 1. The fraction of sp³-hybridized carbons (Fsp3) is 0.438. The Bertz CT molecular complexity index is 545. The molecule has 19 heavy (non-hydrogen) atoms. The minimum Gasteiger partial charge on any atom is -0.309 e. The lowest BCUT2D eigenvalue weighted by Gasteiger charge is -2.18. The van der Waals surface area contributed by atoms with E-state index in [0.717, 1.165) is 18.0 Å². The Balaban J connectivity index is 2.26. The highest BCUT2D eigenvalue weighted by molar-refractivity contribution is 7.11. The summed E-state index contributed by atoms with van der Waals surface area (Å²) in [6.45, 7) is 9.52. The Labute approximate surface area is 119 Å². The van der Waals surface area contributed by atoms with Gasteiger partial charge >= 0.3 is 0 Å². The van der Waals surface area contributed by atoms with Gasteiger partial charge < -0.3 is 5.32 Å². The van der Waals surface area contributed by atoms with E-state index < -0.39 is 0 Å². The van der Waals surface area contributed by atoms with Gasteiger partial charge in [-0.25, -0.2) is 4.98 Å². The SMILES string of the molecule is CCNC(Cc1ccccc1C)c1sc(C)nc1C. The first-order valence-corrected chi connectivity index (χ1v) is 7.65. The molecule has 2 aromatic rings. The molecule has 0 aliphatic carbocycles. The lowest BCUT2D eigenvalue weighted by Crippen LogP contribution is -2.23. The molecule has 2 nitrogen and oxygen atoms in total. The van der Waals surface area contributed by atoms with Crippen LogP contribution in [0.4, 0.5) is 0 Å². The van der Waals surface area contributed by atoms with Crippen LogP contribution in [0, 0.1) is 20.8 Å². The Kier molecular flexibility index (Phi) is 4.72. The maximum atomic E-state index is 4.56. The van der Waals surface area contributed by atoms with Crippen LogP contribution in [0.15, 0.2) is 24.3 Å². The van der Waals surface area contributed by atoms with Gasteiger partial charge in [0.25, 0.3) is 0 Å². The number of hydrogen-bond donors (Lipinski definition) is 1. The quantitative estimate of drug-likeness (QED) is 0.892. The molecule has 0 aliphatic rings. The topological polar surface area (TPSA) is 24.9 Å². The van der Waals surface area contributed by atoms with E-state index >= 15 is 0 Å². The predicted octanol–water partition coefficient (Wildman–Crippen LogP) is 3.96. The Hall–Kier alpha value is -1.19. The summed E-state index contributed by atoms with van der Waals surface area (Å²) in [5.74, 6) is 0. The molecular weight excluding hydrogens is 252 g/mol. The van der Waals surface area contributed by atoms with Crippen molar-refractivity contribution in [2.75, 3.05) is 6.54 Å². The molecule has 0 spiro atoms. The second-order valence-electron chi connectivity index (χ2n) is 4.92. The van der Waals surface area contributed by atoms with E-state index in [9.17, 15) is 0 Å². The second kappa shape index (κ2) is 6.31. The molecule has 3 heteroatoms. The van der Waals surface area contributed by atoms with E-state index in [1.165, 1.54) is 21.7 Å². The van der Waals surface area contributed by atoms with Crippen molar-refractivity contribution >= 4 is 11.3 Å². The zero-order valence-corrected chi connectivity index (χ0v) is 13.0.